The number of nitrogens with zero attached hydrogens (tertiary/aromatic N) is 4. The van der Waals surface area contributed by atoms with E-state index in [1.807, 2.05) is 0 Å². The number of pyridine rings is 1. The molecule has 3 aromatic heterocycles. The largest absolute Gasteiger partial charge is 0.474 e. The second-order valence-electron chi connectivity index (χ2n) is 9.37. The molecule has 2 amide bonds. The zero-order valence-corrected chi connectivity index (χ0v) is 21.8. The average molecular weight is 565 g/mol. The summed E-state index contributed by atoms with van der Waals surface area (Å²) in [5.74, 6) is -0.652. The Bertz CT molecular complexity index is 1340. The number of carbonyl (C=O) groups is 2. The van der Waals surface area contributed by atoms with Gasteiger partial charge in [-0.05, 0) is 31.0 Å². The fraction of sp³-hybridized carbons (Fsp3) is 0.440. The van der Waals surface area contributed by atoms with Crippen LogP contribution in [0.25, 0.3) is 0 Å². The molecule has 2 atom stereocenters. The normalized spacial score (nSPS) is 17.8. The van der Waals surface area contributed by atoms with Gasteiger partial charge >= 0.3 is 6.18 Å². The van der Waals surface area contributed by atoms with Crippen LogP contribution in [0.1, 0.15) is 39.4 Å². The third kappa shape index (κ3) is 6.50. The third-order valence-corrected chi connectivity index (χ3v) is 7.52. The van der Waals surface area contributed by atoms with Gasteiger partial charge in [-0.2, -0.15) is 18.3 Å². The zero-order valence-electron chi connectivity index (χ0n) is 21.0. The van der Waals surface area contributed by atoms with Crippen LogP contribution in [0.15, 0.2) is 36.8 Å². The van der Waals surface area contributed by atoms with Gasteiger partial charge in [0.05, 0.1) is 41.5 Å². The van der Waals surface area contributed by atoms with Crippen molar-refractivity contribution in [3.8, 4) is 5.88 Å². The Hall–Kier alpha value is -3.65. The topological polar surface area (TPSA) is 111 Å². The lowest BCUT2D eigenvalue weighted by atomic mass is 10.1. The molecule has 5 rings (SSSR count). The smallest absolute Gasteiger partial charge is 0.417 e. The second-order valence-corrected chi connectivity index (χ2v) is 10.5. The fourth-order valence-electron chi connectivity index (χ4n) is 4.51. The highest BCUT2D eigenvalue weighted by Gasteiger charge is 2.34. The number of rotatable bonds is 8. The van der Waals surface area contributed by atoms with Gasteiger partial charge < -0.3 is 25.0 Å². The summed E-state index contributed by atoms with van der Waals surface area (Å²) < 4.78 is 52.4. The molecule has 0 bridgehead atoms. The van der Waals surface area contributed by atoms with Gasteiger partial charge in [0.25, 0.3) is 5.91 Å². The van der Waals surface area contributed by atoms with Gasteiger partial charge in [-0.15, -0.1) is 11.3 Å². The number of nitrogens with one attached hydrogen (secondary N) is 2. The molecule has 1 saturated heterocycles. The summed E-state index contributed by atoms with van der Waals surface area (Å²) in [6.45, 7) is 1.54. The van der Waals surface area contributed by atoms with Crippen molar-refractivity contribution < 1.29 is 32.2 Å². The standard InChI is InChI=1S/C25H27F3N6O4S/c1-33-13-16(12-30-33)31-22(35)19(10-17-3-2-7-37-17)32-23(36)21-5-4-18(39-21)14-34-6-8-38-24-20(34)9-15(11-29-24)25(26,27)28/h4-5,9,11-13,17,19H,2-3,6-8,10,14H2,1H3,(H,31,35)(H,32,36)/t17?,19-/m0/s1. The molecule has 2 N–H and O–H groups in total. The Morgan fingerprint density at radius 2 is 2.10 bits per heavy atom. The number of carbonyl (C=O) groups excluding carboxylic acids is 2. The maximum atomic E-state index is 13.2. The average Bonchev–Trinajstić information content (AvgIpc) is 3.66. The van der Waals surface area contributed by atoms with Gasteiger partial charge in [-0.1, -0.05) is 0 Å². The molecule has 2 aliphatic heterocycles. The lowest BCUT2D eigenvalue weighted by molar-refractivity contribution is -0.137. The van der Waals surface area contributed by atoms with E-state index in [4.69, 9.17) is 9.47 Å². The Balaban J connectivity index is 1.27. The Kier molecular flexibility index (Phi) is 7.75. The minimum absolute atomic E-state index is 0.134. The van der Waals surface area contributed by atoms with Gasteiger partial charge in [0.1, 0.15) is 18.3 Å². The highest BCUT2D eigenvalue weighted by molar-refractivity contribution is 7.14. The molecule has 14 heteroatoms. The number of amides is 2. The summed E-state index contributed by atoms with van der Waals surface area (Å²) in [6, 6.07) is 3.59. The zero-order chi connectivity index (χ0) is 27.6. The molecular weight excluding hydrogens is 537 g/mol. The lowest BCUT2D eigenvalue weighted by Crippen LogP contribution is -2.45. The first kappa shape index (κ1) is 26.9. The van der Waals surface area contributed by atoms with E-state index in [-0.39, 0.29) is 36.7 Å². The summed E-state index contributed by atoms with van der Waals surface area (Å²) in [7, 11) is 1.73. The minimum Gasteiger partial charge on any atom is -0.474 e. The molecule has 0 saturated carbocycles. The van der Waals surface area contributed by atoms with Crippen LogP contribution in [-0.2, 0) is 29.3 Å². The number of thiophene rings is 1. The molecule has 0 spiro atoms. The Labute approximate surface area is 226 Å². The van der Waals surface area contributed by atoms with Gasteiger partial charge in [0.15, 0.2) is 0 Å². The van der Waals surface area contributed by atoms with Gasteiger partial charge in [0.2, 0.25) is 11.8 Å². The molecule has 10 nitrogen and oxygen atoms in total. The van der Waals surface area contributed by atoms with Crippen LogP contribution >= 0.6 is 11.3 Å². The summed E-state index contributed by atoms with van der Waals surface area (Å²) in [4.78, 5) is 32.9. The molecule has 39 heavy (non-hydrogen) atoms. The molecule has 5 heterocycles. The third-order valence-electron chi connectivity index (χ3n) is 6.45. The first-order valence-electron chi connectivity index (χ1n) is 12.4. The van der Waals surface area contributed by atoms with E-state index >= 15 is 0 Å². The number of aryl methyl sites for hydroxylation is 1. The number of halogens is 3. The number of hydrogen-bond acceptors (Lipinski definition) is 8. The fourth-order valence-corrected chi connectivity index (χ4v) is 5.44. The predicted octanol–water partition coefficient (Wildman–Crippen LogP) is 3.60. The Morgan fingerprint density at radius 1 is 1.26 bits per heavy atom. The second kappa shape index (κ2) is 11.2. The summed E-state index contributed by atoms with van der Waals surface area (Å²) in [5.41, 5.74) is -0.0921. The summed E-state index contributed by atoms with van der Waals surface area (Å²) >= 11 is 1.21. The van der Waals surface area contributed by atoms with E-state index in [9.17, 15) is 22.8 Å². The van der Waals surface area contributed by atoms with Crippen LogP contribution in [0.5, 0.6) is 5.88 Å². The molecule has 0 aromatic carbocycles. The number of ether oxygens (including phenoxy) is 2. The van der Waals surface area contributed by atoms with Gasteiger partial charge in [-0.3, -0.25) is 14.3 Å². The molecule has 0 radical (unpaired) electrons. The van der Waals surface area contributed by atoms with Crippen molar-refractivity contribution in [3.05, 3.63) is 52.1 Å². The highest BCUT2D eigenvalue weighted by Crippen LogP contribution is 2.37. The van der Waals surface area contributed by atoms with Crippen LogP contribution in [0.3, 0.4) is 0 Å². The van der Waals surface area contributed by atoms with Crippen molar-refractivity contribution in [2.45, 2.75) is 44.1 Å². The van der Waals surface area contributed by atoms with Crippen molar-refractivity contribution in [1.82, 2.24) is 20.1 Å². The van der Waals surface area contributed by atoms with Crippen molar-refractivity contribution in [2.24, 2.45) is 7.05 Å². The summed E-state index contributed by atoms with van der Waals surface area (Å²) in [6.07, 6.45) is 1.31. The summed E-state index contributed by atoms with van der Waals surface area (Å²) in [5, 5.41) is 9.65. The van der Waals surface area contributed by atoms with Crippen molar-refractivity contribution in [2.75, 3.05) is 30.0 Å². The number of aromatic nitrogens is 3. The van der Waals surface area contributed by atoms with Crippen molar-refractivity contribution in [1.29, 1.82) is 0 Å². The maximum absolute atomic E-state index is 13.2. The molecule has 2 aliphatic rings. The molecule has 1 fully saturated rings. The van der Waals surface area contributed by atoms with E-state index in [2.05, 4.69) is 20.7 Å². The van der Waals surface area contributed by atoms with E-state index in [1.165, 1.54) is 17.5 Å². The maximum Gasteiger partial charge on any atom is 0.417 e. The SMILES string of the molecule is Cn1cc(NC(=O)[C@H](CC2CCCO2)NC(=O)c2ccc(CN3CCOc4ncc(C(F)(F)F)cc43)s2)cn1. The number of alkyl halides is 3. The molecule has 1 unspecified atom stereocenters. The van der Waals surface area contributed by atoms with Gasteiger partial charge in [-0.25, -0.2) is 4.98 Å². The van der Waals surface area contributed by atoms with E-state index in [0.29, 0.717) is 30.1 Å². The van der Waals surface area contributed by atoms with Crippen LogP contribution in [0, 0.1) is 0 Å². The highest BCUT2D eigenvalue weighted by atomic mass is 32.1. The Morgan fingerprint density at radius 3 is 2.82 bits per heavy atom. The first-order valence-corrected chi connectivity index (χ1v) is 13.2. The number of hydrogen-bond donors (Lipinski definition) is 2. The van der Waals surface area contributed by atoms with Crippen LogP contribution in [0.4, 0.5) is 24.5 Å². The van der Waals surface area contributed by atoms with E-state index in [1.54, 1.807) is 35.0 Å². The van der Waals surface area contributed by atoms with Crippen LogP contribution < -0.4 is 20.3 Å². The van der Waals surface area contributed by atoms with Crippen LogP contribution in [-0.4, -0.2) is 58.5 Å². The molecule has 208 valence electrons. The lowest BCUT2D eigenvalue weighted by Gasteiger charge is -2.30. The molecule has 0 aliphatic carbocycles. The van der Waals surface area contributed by atoms with E-state index in [0.717, 1.165) is 30.0 Å². The molecule has 3 aromatic rings. The van der Waals surface area contributed by atoms with Gasteiger partial charge in [0, 0.05) is 37.3 Å². The quantitative estimate of drug-likeness (QED) is 0.430. The minimum atomic E-state index is -4.53. The number of anilines is 2. The number of fused-ring (bicyclic) bond motifs is 1. The van der Waals surface area contributed by atoms with Crippen LogP contribution in [0.2, 0.25) is 0 Å². The van der Waals surface area contributed by atoms with Crippen molar-refractivity contribution in [3.63, 3.8) is 0 Å². The first-order chi connectivity index (χ1) is 18.7. The molecular formula is C25H27F3N6O4S. The predicted molar refractivity (Wildman–Crippen MR) is 137 cm³/mol. The van der Waals surface area contributed by atoms with E-state index < -0.39 is 23.7 Å². The van der Waals surface area contributed by atoms with Crippen molar-refractivity contribution >= 4 is 34.5 Å². The monoisotopic (exact) mass is 564 g/mol.